The fourth-order valence-corrected chi connectivity index (χ4v) is 4.20. The molecular formula is C18H14FN5O3S2. The molecule has 11 heteroatoms. The van der Waals surface area contributed by atoms with Crippen molar-refractivity contribution in [2.24, 2.45) is 0 Å². The van der Waals surface area contributed by atoms with Crippen LogP contribution in [0.4, 0.5) is 14.5 Å². The second kappa shape index (κ2) is 7.60. The van der Waals surface area contributed by atoms with Gasteiger partial charge in [-0.2, -0.15) is 9.78 Å². The van der Waals surface area contributed by atoms with Crippen LogP contribution in [0.25, 0.3) is 16.5 Å². The van der Waals surface area contributed by atoms with Crippen molar-refractivity contribution in [1.29, 1.82) is 0 Å². The number of rotatable bonds is 5. The summed E-state index contributed by atoms with van der Waals surface area (Å²) in [6.07, 6.45) is 0. The summed E-state index contributed by atoms with van der Waals surface area (Å²) in [5.74, 6) is 0.0400. The first-order valence-electron chi connectivity index (χ1n) is 8.28. The van der Waals surface area contributed by atoms with E-state index in [9.17, 15) is 14.0 Å². The SMILES string of the molecule is COc1ccc(-n2nc(C(=O)Nc3nc(C[18F])cs3)c3csc(N)c3c2=O)cc1. The zero-order valence-electron chi connectivity index (χ0n) is 15.0. The number of aromatic nitrogens is 3. The van der Waals surface area contributed by atoms with Gasteiger partial charge in [0.05, 0.1) is 28.9 Å². The van der Waals surface area contributed by atoms with Gasteiger partial charge in [-0.1, -0.05) is 0 Å². The Hall–Kier alpha value is -3.31. The maximum Gasteiger partial charge on any atom is 0.282 e. The second-order valence-electron chi connectivity index (χ2n) is 5.88. The number of ether oxygens (including phenoxy) is 1. The van der Waals surface area contributed by atoms with E-state index >= 15 is 0 Å². The molecule has 29 heavy (non-hydrogen) atoms. The highest BCUT2D eigenvalue weighted by Crippen LogP contribution is 2.28. The summed E-state index contributed by atoms with van der Waals surface area (Å²) in [7, 11) is 1.53. The Labute approximate surface area is 171 Å². The minimum absolute atomic E-state index is 0.0142. The summed E-state index contributed by atoms with van der Waals surface area (Å²) in [5.41, 5.74) is 6.24. The van der Waals surface area contributed by atoms with E-state index in [0.717, 1.165) is 27.4 Å². The average Bonchev–Trinajstić information content (AvgIpc) is 3.35. The number of methoxy groups -OCH3 is 1. The number of nitrogens with two attached hydrogens (primary N) is 1. The van der Waals surface area contributed by atoms with Crippen LogP contribution < -0.4 is 21.3 Å². The Morgan fingerprint density at radius 1 is 1.28 bits per heavy atom. The van der Waals surface area contributed by atoms with Crippen molar-refractivity contribution in [2.75, 3.05) is 18.2 Å². The molecule has 0 saturated carbocycles. The van der Waals surface area contributed by atoms with Crippen LogP contribution in [0.5, 0.6) is 5.75 Å². The molecule has 0 fully saturated rings. The molecule has 0 spiro atoms. The molecular weight excluding hydrogens is 416 g/mol. The molecule has 0 unspecified atom stereocenters. The van der Waals surface area contributed by atoms with Crippen molar-refractivity contribution in [3.8, 4) is 11.4 Å². The Bertz CT molecular complexity index is 1260. The maximum atomic E-state index is 13.0. The molecule has 0 saturated heterocycles. The number of halogens is 1. The van der Waals surface area contributed by atoms with Gasteiger partial charge in [0.25, 0.3) is 11.5 Å². The third-order valence-electron chi connectivity index (χ3n) is 4.12. The van der Waals surface area contributed by atoms with Crippen LogP contribution in [-0.2, 0) is 6.67 Å². The fraction of sp³-hybridized carbons (Fsp3) is 0.111. The zero-order valence-corrected chi connectivity index (χ0v) is 16.6. The summed E-state index contributed by atoms with van der Waals surface area (Å²) < 4.78 is 19.0. The number of carbonyl (C=O) groups excluding carboxylic acids is 1. The van der Waals surface area contributed by atoms with E-state index in [4.69, 9.17) is 10.5 Å². The number of alkyl halides is 1. The Balaban J connectivity index is 1.83. The number of thiazole rings is 1. The highest BCUT2D eigenvalue weighted by molar-refractivity contribution is 7.16. The van der Waals surface area contributed by atoms with Gasteiger partial charge >= 0.3 is 0 Å². The van der Waals surface area contributed by atoms with Gasteiger partial charge in [-0.25, -0.2) is 9.37 Å². The monoisotopic (exact) mass is 430 g/mol. The van der Waals surface area contributed by atoms with E-state index in [1.807, 2.05) is 0 Å². The van der Waals surface area contributed by atoms with Crippen molar-refractivity contribution < 1.29 is 13.9 Å². The number of thiophene rings is 1. The molecule has 0 aliphatic heterocycles. The van der Waals surface area contributed by atoms with Gasteiger partial charge in [0.2, 0.25) is 0 Å². The summed E-state index contributed by atoms with van der Waals surface area (Å²) in [4.78, 5) is 29.8. The first kappa shape index (κ1) is 19.0. The van der Waals surface area contributed by atoms with Crippen molar-refractivity contribution >= 4 is 49.5 Å². The standard InChI is InChI=1S/C18H14FN5O3S2/c1-27-11-4-2-10(3-5-11)24-17(26)13-12(8-28-15(13)20)14(23-24)16(25)22-18-21-9(6-19)7-29-18/h2-5,7-8H,6,20H2,1H3,(H,21,22,25)/i19-1. The van der Waals surface area contributed by atoms with Gasteiger partial charge in [-0.05, 0) is 24.3 Å². The van der Waals surface area contributed by atoms with Crippen molar-refractivity contribution in [3.63, 3.8) is 0 Å². The number of nitrogens with zero attached hydrogens (tertiary/aromatic N) is 3. The van der Waals surface area contributed by atoms with E-state index in [1.54, 1.807) is 29.6 Å². The molecule has 3 N–H and O–H groups in total. The number of carbonyl (C=O) groups is 1. The van der Waals surface area contributed by atoms with E-state index in [0.29, 0.717) is 16.8 Å². The molecule has 0 aliphatic rings. The highest BCUT2D eigenvalue weighted by atomic mass is 32.1. The molecule has 8 nitrogen and oxygen atoms in total. The number of nitrogen functional groups attached to an aromatic ring is 1. The third kappa shape index (κ3) is 3.45. The molecule has 0 bridgehead atoms. The number of anilines is 2. The summed E-state index contributed by atoms with van der Waals surface area (Å²) in [6.45, 7) is -0.724. The topological polar surface area (TPSA) is 112 Å². The third-order valence-corrected chi connectivity index (χ3v) is 5.74. The molecule has 148 valence electrons. The number of hydrogen-bond donors (Lipinski definition) is 2. The van der Waals surface area contributed by atoms with Crippen LogP contribution in [0.2, 0.25) is 0 Å². The first-order chi connectivity index (χ1) is 14.0. The van der Waals surface area contributed by atoms with Gasteiger partial charge in [-0.3, -0.25) is 14.9 Å². The van der Waals surface area contributed by atoms with Crippen molar-refractivity contribution in [1.82, 2.24) is 14.8 Å². The van der Waals surface area contributed by atoms with E-state index in [2.05, 4.69) is 15.4 Å². The quantitative estimate of drug-likeness (QED) is 0.503. The molecule has 4 rings (SSSR count). The number of amides is 1. The van der Waals surface area contributed by atoms with Gasteiger partial charge in [0.15, 0.2) is 10.8 Å². The van der Waals surface area contributed by atoms with Crippen LogP contribution in [0.3, 0.4) is 0 Å². The second-order valence-corrected chi connectivity index (χ2v) is 7.65. The first-order valence-corrected chi connectivity index (χ1v) is 10.0. The van der Waals surface area contributed by atoms with Gasteiger partial charge < -0.3 is 10.5 Å². The minimum atomic E-state index is -0.724. The highest BCUT2D eigenvalue weighted by Gasteiger charge is 2.21. The Morgan fingerprint density at radius 3 is 2.69 bits per heavy atom. The molecule has 4 aromatic rings. The lowest BCUT2D eigenvalue weighted by Gasteiger charge is -2.10. The minimum Gasteiger partial charge on any atom is -0.497 e. The van der Waals surface area contributed by atoms with E-state index < -0.39 is 18.1 Å². The molecule has 1 amide bonds. The number of fused-ring (bicyclic) bond motifs is 1. The van der Waals surface area contributed by atoms with Crippen molar-refractivity contribution in [2.45, 2.75) is 6.67 Å². The van der Waals surface area contributed by atoms with E-state index in [-0.39, 0.29) is 26.9 Å². The predicted molar refractivity (Wildman–Crippen MR) is 111 cm³/mol. The summed E-state index contributed by atoms with van der Waals surface area (Å²) in [5, 5.41) is 11.1. The maximum absolute atomic E-state index is 13.0. The normalized spacial score (nSPS) is 11.0. The van der Waals surface area contributed by atoms with Crippen LogP contribution >= 0.6 is 22.7 Å². The molecule has 3 heterocycles. The Kier molecular flexibility index (Phi) is 4.99. The van der Waals surface area contributed by atoms with Crippen LogP contribution in [-0.4, -0.2) is 27.8 Å². The van der Waals surface area contributed by atoms with Crippen molar-refractivity contribution in [3.05, 3.63) is 56.8 Å². The van der Waals surface area contributed by atoms with Gasteiger partial charge in [0.1, 0.15) is 12.4 Å². The number of hydrogen-bond acceptors (Lipinski definition) is 8. The summed E-state index contributed by atoms with van der Waals surface area (Å²) >= 11 is 2.25. The predicted octanol–water partition coefficient (Wildman–Crippen LogP) is 3.22. The average molecular weight is 430 g/mol. The lowest BCUT2D eigenvalue weighted by molar-refractivity contribution is 0.102. The lowest BCUT2D eigenvalue weighted by atomic mass is 10.2. The van der Waals surface area contributed by atoms with Gasteiger partial charge in [-0.15, -0.1) is 22.7 Å². The largest absolute Gasteiger partial charge is 0.497 e. The smallest absolute Gasteiger partial charge is 0.282 e. The number of nitrogens with one attached hydrogen (secondary N) is 1. The molecule has 0 aliphatic carbocycles. The molecule has 1 aromatic carbocycles. The van der Waals surface area contributed by atoms with Crippen LogP contribution in [0.1, 0.15) is 16.2 Å². The molecule has 0 radical (unpaired) electrons. The van der Waals surface area contributed by atoms with Gasteiger partial charge in [0, 0.05) is 16.1 Å². The zero-order chi connectivity index (χ0) is 20.5. The van der Waals surface area contributed by atoms with Crippen LogP contribution in [0.15, 0.2) is 39.8 Å². The Morgan fingerprint density at radius 2 is 2.03 bits per heavy atom. The fourth-order valence-electron chi connectivity index (χ4n) is 2.72. The lowest BCUT2D eigenvalue weighted by Crippen LogP contribution is -2.26. The molecule has 3 aromatic heterocycles. The summed E-state index contributed by atoms with van der Waals surface area (Å²) in [6, 6.07) is 6.66. The number of benzene rings is 1. The molecule has 0 atom stereocenters. The van der Waals surface area contributed by atoms with Crippen LogP contribution in [0, 0.1) is 0 Å². The van der Waals surface area contributed by atoms with E-state index in [1.165, 1.54) is 12.5 Å².